The smallest absolute Gasteiger partial charge is 0.165 e. The molecular weight excluding hydrogens is 226 g/mol. The minimum atomic E-state index is 0.332. The van der Waals surface area contributed by atoms with E-state index in [1.54, 1.807) is 6.20 Å². The fourth-order valence-electron chi connectivity index (χ4n) is 1.66. The van der Waals surface area contributed by atoms with Crippen LogP contribution in [0.4, 0.5) is 0 Å². The Bertz CT molecular complexity index is 532. The van der Waals surface area contributed by atoms with E-state index >= 15 is 0 Å². The summed E-state index contributed by atoms with van der Waals surface area (Å²) >= 11 is 0. The van der Waals surface area contributed by atoms with Crippen LogP contribution in [-0.4, -0.2) is 9.78 Å². The monoisotopic (exact) mass is 245 g/mol. The van der Waals surface area contributed by atoms with E-state index in [1.807, 2.05) is 36.0 Å². The van der Waals surface area contributed by atoms with Gasteiger partial charge in [0.1, 0.15) is 5.75 Å². The van der Waals surface area contributed by atoms with Gasteiger partial charge in [0.25, 0.3) is 0 Å². The van der Waals surface area contributed by atoms with Gasteiger partial charge in [-0.1, -0.05) is 12.1 Å². The van der Waals surface area contributed by atoms with E-state index in [-0.39, 0.29) is 0 Å². The summed E-state index contributed by atoms with van der Waals surface area (Å²) in [6.07, 6.45) is 3.63. The predicted molar refractivity (Wildman–Crippen MR) is 71.8 cm³/mol. The van der Waals surface area contributed by atoms with Crippen molar-refractivity contribution in [2.45, 2.75) is 33.4 Å². The molecule has 4 nitrogen and oxygen atoms in total. The van der Waals surface area contributed by atoms with E-state index in [4.69, 9.17) is 10.5 Å². The molecule has 0 atom stereocenters. The lowest BCUT2D eigenvalue weighted by molar-refractivity contribution is 0.473. The first-order chi connectivity index (χ1) is 8.60. The number of ether oxygens (including phenoxy) is 1. The van der Waals surface area contributed by atoms with E-state index < -0.39 is 0 Å². The third-order valence-electron chi connectivity index (χ3n) is 2.82. The maximum Gasteiger partial charge on any atom is 0.165 e. The zero-order chi connectivity index (χ0) is 13.1. The lowest BCUT2D eigenvalue weighted by Crippen LogP contribution is -1.99. The number of rotatable bonds is 4. The van der Waals surface area contributed by atoms with Crippen LogP contribution in [-0.2, 0) is 6.54 Å². The maximum atomic E-state index is 5.84. The number of benzene rings is 1. The summed E-state index contributed by atoms with van der Waals surface area (Å²) < 4.78 is 7.72. The number of hydrogen-bond donors (Lipinski definition) is 1. The lowest BCUT2D eigenvalue weighted by Gasteiger charge is -2.08. The summed E-state index contributed by atoms with van der Waals surface area (Å²) in [5, 5.41) is 4.25. The van der Waals surface area contributed by atoms with Gasteiger partial charge in [0.2, 0.25) is 0 Å². The Morgan fingerprint density at radius 2 is 2.17 bits per heavy atom. The fraction of sp³-hybridized carbons (Fsp3) is 0.357. The molecule has 2 aromatic rings. The topological polar surface area (TPSA) is 53.1 Å². The van der Waals surface area contributed by atoms with Crippen molar-refractivity contribution in [2.24, 2.45) is 5.73 Å². The average Bonchev–Trinajstić information content (AvgIpc) is 2.81. The molecule has 0 aliphatic heterocycles. The van der Waals surface area contributed by atoms with Crippen molar-refractivity contribution >= 4 is 0 Å². The van der Waals surface area contributed by atoms with Crippen LogP contribution >= 0.6 is 0 Å². The molecule has 2 N–H and O–H groups in total. The van der Waals surface area contributed by atoms with Crippen molar-refractivity contribution in [3.8, 4) is 11.5 Å². The van der Waals surface area contributed by atoms with Crippen LogP contribution < -0.4 is 10.5 Å². The van der Waals surface area contributed by atoms with Crippen LogP contribution in [0.3, 0.4) is 0 Å². The van der Waals surface area contributed by atoms with Crippen molar-refractivity contribution < 1.29 is 4.74 Å². The van der Waals surface area contributed by atoms with Crippen LogP contribution in [0.5, 0.6) is 11.5 Å². The van der Waals surface area contributed by atoms with Crippen molar-refractivity contribution in [3.05, 3.63) is 41.7 Å². The molecule has 4 heteroatoms. The molecule has 0 unspecified atom stereocenters. The largest absolute Gasteiger partial charge is 0.454 e. The molecule has 0 saturated heterocycles. The SMILES string of the molecule is Cc1ccc(CN)cc1Oc1cnn(C(C)C)c1. The number of nitrogens with two attached hydrogens (primary N) is 1. The van der Waals surface area contributed by atoms with Crippen molar-refractivity contribution in [1.29, 1.82) is 0 Å². The Balaban J connectivity index is 2.22. The van der Waals surface area contributed by atoms with Gasteiger partial charge in [-0.05, 0) is 38.0 Å². The number of hydrogen-bond acceptors (Lipinski definition) is 3. The molecule has 18 heavy (non-hydrogen) atoms. The molecule has 0 fully saturated rings. The molecule has 1 aromatic carbocycles. The quantitative estimate of drug-likeness (QED) is 0.900. The first-order valence-electron chi connectivity index (χ1n) is 6.11. The van der Waals surface area contributed by atoms with Gasteiger partial charge in [0, 0.05) is 12.6 Å². The van der Waals surface area contributed by atoms with E-state index in [2.05, 4.69) is 18.9 Å². The van der Waals surface area contributed by atoms with Crippen LogP contribution in [0.1, 0.15) is 31.0 Å². The fourth-order valence-corrected chi connectivity index (χ4v) is 1.66. The van der Waals surface area contributed by atoms with Crippen molar-refractivity contribution in [3.63, 3.8) is 0 Å². The van der Waals surface area contributed by atoms with Crippen LogP contribution in [0, 0.1) is 6.92 Å². The molecule has 1 aromatic heterocycles. The standard InChI is InChI=1S/C14H19N3O/c1-10(2)17-9-13(8-16-17)18-14-6-12(7-15)5-4-11(14)3/h4-6,8-10H,7,15H2,1-3H3. The summed E-state index contributed by atoms with van der Waals surface area (Å²) in [6.45, 7) is 6.69. The summed E-state index contributed by atoms with van der Waals surface area (Å²) in [4.78, 5) is 0. The first kappa shape index (κ1) is 12.6. The van der Waals surface area contributed by atoms with Gasteiger partial charge in [0.15, 0.2) is 5.75 Å². The zero-order valence-corrected chi connectivity index (χ0v) is 11.1. The Labute approximate surface area is 107 Å². The number of aryl methyl sites for hydroxylation is 1. The molecule has 0 spiro atoms. The Hall–Kier alpha value is -1.81. The van der Waals surface area contributed by atoms with Crippen molar-refractivity contribution in [2.75, 3.05) is 0 Å². The number of nitrogens with zero attached hydrogens (tertiary/aromatic N) is 2. The Kier molecular flexibility index (Phi) is 3.67. The van der Waals surface area contributed by atoms with Gasteiger partial charge in [0.05, 0.1) is 12.4 Å². The lowest BCUT2D eigenvalue weighted by atomic mass is 10.1. The Morgan fingerprint density at radius 1 is 1.39 bits per heavy atom. The average molecular weight is 245 g/mol. The summed E-state index contributed by atoms with van der Waals surface area (Å²) in [5.74, 6) is 1.59. The van der Waals surface area contributed by atoms with Crippen LogP contribution in [0.2, 0.25) is 0 Å². The number of aromatic nitrogens is 2. The highest BCUT2D eigenvalue weighted by molar-refractivity contribution is 5.39. The second-order valence-corrected chi connectivity index (χ2v) is 4.66. The van der Waals surface area contributed by atoms with E-state index in [9.17, 15) is 0 Å². The Morgan fingerprint density at radius 3 is 2.78 bits per heavy atom. The van der Waals surface area contributed by atoms with Crippen LogP contribution in [0.25, 0.3) is 0 Å². The molecule has 0 radical (unpaired) electrons. The van der Waals surface area contributed by atoms with Crippen molar-refractivity contribution in [1.82, 2.24) is 9.78 Å². The van der Waals surface area contributed by atoms with Gasteiger partial charge >= 0.3 is 0 Å². The molecule has 0 aliphatic rings. The highest BCUT2D eigenvalue weighted by atomic mass is 16.5. The minimum Gasteiger partial charge on any atom is -0.454 e. The summed E-state index contributed by atoms with van der Waals surface area (Å²) in [6, 6.07) is 6.34. The van der Waals surface area contributed by atoms with Gasteiger partial charge in [-0.3, -0.25) is 4.68 Å². The molecular formula is C14H19N3O. The van der Waals surface area contributed by atoms with Gasteiger partial charge in [-0.15, -0.1) is 0 Å². The molecule has 1 heterocycles. The van der Waals surface area contributed by atoms with Gasteiger partial charge in [-0.25, -0.2) is 0 Å². The second kappa shape index (κ2) is 5.23. The van der Waals surface area contributed by atoms with E-state index in [0.29, 0.717) is 12.6 Å². The zero-order valence-electron chi connectivity index (χ0n) is 11.1. The highest BCUT2D eigenvalue weighted by Crippen LogP contribution is 2.26. The third kappa shape index (κ3) is 2.71. The van der Waals surface area contributed by atoms with E-state index in [0.717, 1.165) is 22.6 Å². The van der Waals surface area contributed by atoms with Gasteiger partial charge in [-0.2, -0.15) is 5.10 Å². The third-order valence-corrected chi connectivity index (χ3v) is 2.82. The molecule has 96 valence electrons. The first-order valence-corrected chi connectivity index (χ1v) is 6.11. The molecule has 0 bridgehead atoms. The summed E-state index contributed by atoms with van der Waals surface area (Å²) in [5.41, 5.74) is 7.78. The predicted octanol–water partition coefficient (Wildman–Crippen LogP) is 3.02. The molecule has 0 amide bonds. The highest BCUT2D eigenvalue weighted by Gasteiger charge is 2.06. The summed E-state index contributed by atoms with van der Waals surface area (Å²) in [7, 11) is 0. The molecule has 0 aliphatic carbocycles. The normalized spacial score (nSPS) is 10.9. The van der Waals surface area contributed by atoms with Gasteiger partial charge < -0.3 is 10.5 Å². The minimum absolute atomic E-state index is 0.332. The molecule has 2 rings (SSSR count). The van der Waals surface area contributed by atoms with E-state index in [1.165, 1.54) is 0 Å². The van der Waals surface area contributed by atoms with Crippen LogP contribution in [0.15, 0.2) is 30.6 Å². The second-order valence-electron chi connectivity index (χ2n) is 4.66. The maximum absolute atomic E-state index is 5.84. The molecule has 0 saturated carbocycles.